The maximum Gasteiger partial charge on any atom is 0.313 e. The molecule has 0 unspecified atom stereocenters. The van der Waals surface area contributed by atoms with E-state index in [0.29, 0.717) is 22.6 Å². The van der Waals surface area contributed by atoms with Crippen LogP contribution in [-0.4, -0.2) is 34.1 Å². The van der Waals surface area contributed by atoms with Gasteiger partial charge in [0.2, 0.25) is 0 Å². The standard InChI is InChI=1S/C21H21N5O4/c1-13-17(21(30)26(25(13)3)16-7-5-4-6-8-16)24-18(27)14-9-11-15(12-10-14)23-20(29)19(28)22-2/h4-12H,1-3H3,(H,22,28)(H,23,29)(H,24,27). The van der Waals surface area contributed by atoms with Crippen LogP contribution >= 0.6 is 0 Å². The number of nitrogens with one attached hydrogen (secondary N) is 3. The molecule has 0 fully saturated rings. The summed E-state index contributed by atoms with van der Waals surface area (Å²) in [6, 6.07) is 15.1. The molecule has 0 aliphatic rings. The van der Waals surface area contributed by atoms with Crippen molar-refractivity contribution in [2.24, 2.45) is 7.05 Å². The molecule has 9 nitrogen and oxygen atoms in total. The van der Waals surface area contributed by atoms with Crippen molar-refractivity contribution < 1.29 is 14.4 Å². The molecule has 1 aromatic heterocycles. The van der Waals surface area contributed by atoms with Crippen LogP contribution in [-0.2, 0) is 16.6 Å². The van der Waals surface area contributed by atoms with E-state index in [4.69, 9.17) is 0 Å². The van der Waals surface area contributed by atoms with Crippen LogP contribution in [0.15, 0.2) is 59.4 Å². The van der Waals surface area contributed by atoms with Gasteiger partial charge in [-0.1, -0.05) is 18.2 Å². The van der Waals surface area contributed by atoms with Gasteiger partial charge in [-0.3, -0.25) is 23.9 Å². The zero-order chi connectivity index (χ0) is 21.8. The average molecular weight is 407 g/mol. The second-order valence-corrected chi connectivity index (χ2v) is 6.50. The van der Waals surface area contributed by atoms with E-state index < -0.39 is 17.7 Å². The van der Waals surface area contributed by atoms with Gasteiger partial charge >= 0.3 is 11.8 Å². The normalized spacial score (nSPS) is 10.4. The van der Waals surface area contributed by atoms with Gasteiger partial charge in [-0.25, -0.2) is 4.68 Å². The number of nitrogens with zero attached hydrogens (tertiary/aromatic N) is 2. The first-order chi connectivity index (χ1) is 14.3. The first kappa shape index (κ1) is 20.6. The molecule has 0 atom stereocenters. The number of likely N-dealkylation sites (N-methyl/N-ethyl adjacent to an activating group) is 1. The Morgan fingerprint density at radius 3 is 2.10 bits per heavy atom. The molecule has 0 saturated carbocycles. The lowest BCUT2D eigenvalue weighted by molar-refractivity contribution is -0.135. The van der Waals surface area contributed by atoms with Crippen molar-refractivity contribution in [2.45, 2.75) is 6.92 Å². The summed E-state index contributed by atoms with van der Waals surface area (Å²) in [6.07, 6.45) is 0. The Bertz CT molecular complexity index is 1160. The number of amides is 3. The van der Waals surface area contributed by atoms with E-state index in [-0.39, 0.29) is 11.2 Å². The molecule has 30 heavy (non-hydrogen) atoms. The molecule has 9 heteroatoms. The lowest BCUT2D eigenvalue weighted by atomic mass is 10.2. The molecule has 0 saturated heterocycles. The number of hydrogen-bond acceptors (Lipinski definition) is 4. The summed E-state index contributed by atoms with van der Waals surface area (Å²) in [6.45, 7) is 1.74. The number of aromatic nitrogens is 2. The molecule has 0 aliphatic heterocycles. The van der Waals surface area contributed by atoms with Crippen molar-refractivity contribution in [1.29, 1.82) is 0 Å². The molecule has 3 N–H and O–H groups in total. The molecule has 3 aromatic rings. The van der Waals surface area contributed by atoms with E-state index in [0.717, 1.165) is 0 Å². The van der Waals surface area contributed by atoms with Crippen LogP contribution in [0, 0.1) is 6.92 Å². The molecule has 0 radical (unpaired) electrons. The fourth-order valence-corrected chi connectivity index (χ4v) is 2.90. The van der Waals surface area contributed by atoms with E-state index in [1.54, 1.807) is 30.8 Å². The van der Waals surface area contributed by atoms with Crippen LogP contribution < -0.4 is 21.5 Å². The maximum absolute atomic E-state index is 12.9. The second-order valence-electron chi connectivity index (χ2n) is 6.50. The fraction of sp³-hybridized carbons (Fsp3) is 0.143. The minimum absolute atomic E-state index is 0.184. The summed E-state index contributed by atoms with van der Waals surface area (Å²) in [4.78, 5) is 48.4. The summed E-state index contributed by atoms with van der Waals surface area (Å²) in [5.74, 6) is -2.05. The predicted molar refractivity (Wildman–Crippen MR) is 113 cm³/mol. The van der Waals surface area contributed by atoms with Gasteiger partial charge in [0.05, 0.1) is 11.4 Å². The smallest absolute Gasteiger partial charge is 0.313 e. The summed E-state index contributed by atoms with van der Waals surface area (Å²) >= 11 is 0. The van der Waals surface area contributed by atoms with E-state index >= 15 is 0 Å². The van der Waals surface area contributed by atoms with Gasteiger partial charge < -0.3 is 16.0 Å². The van der Waals surface area contributed by atoms with Gasteiger partial charge in [-0.15, -0.1) is 0 Å². The number of benzene rings is 2. The van der Waals surface area contributed by atoms with Crippen LogP contribution in [0.5, 0.6) is 0 Å². The number of anilines is 2. The van der Waals surface area contributed by atoms with Crippen molar-refractivity contribution in [3.63, 3.8) is 0 Å². The molecule has 3 amide bonds. The summed E-state index contributed by atoms with van der Waals surface area (Å²) in [5, 5.41) is 7.31. The highest BCUT2D eigenvalue weighted by Gasteiger charge is 2.19. The Labute approximate surface area is 172 Å². The van der Waals surface area contributed by atoms with E-state index in [2.05, 4.69) is 16.0 Å². The zero-order valence-electron chi connectivity index (χ0n) is 16.7. The summed E-state index contributed by atoms with van der Waals surface area (Å²) in [7, 11) is 3.09. The largest absolute Gasteiger partial charge is 0.351 e. The summed E-state index contributed by atoms with van der Waals surface area (Å²) in [5.41, 5.74) is 1.79. The number of carbonyl (C=O) groups excluding carboxylic acids is 3. The Balaban J connectivity index is 1.81. The van der Waals surface area contributed by atoms with Crippen LogP contribution in [0.25, 0.3) is 5.69 Å². The van der Waals surface area contributed by atoms with Gasteiger partial charge in [0.15, 0.2) is 0 Å². The van der Waals surface area contributed by atoms with Crippen LogP contribution in [0.3, 0.4) is 0 Å². The number of rotatable bonds is 4. The third-order valence-electron chi connectivity index (χ3n) is 4.63. The Morgan fingerprint density at radius 2 is 1.50 bits per heavy atom. The lowest BCUT2D eigenvalue weighted by Crippen LogP contribution is -2.32. The molecule has 1 heterocycles. The molecule has 154 valence electrons. The molecular weight excluding hydrogens is 386 g/mol. The molecular formula is C21H21N5O4. The Hall–Kier alpha value is -4.14. The van der Waals surface area contributed by atoms with Crippen LogP contribution in [0.1, 0.15) is 16.1 Å². The summed E-state index contributed by atoms with van der Waals surface area (Å²) < 4.78 is 3.15. The van der Waals surface area contributed by atoms with E-state index in [1.807, 2.05) is 18.2 Å². The highest BCUT2D eigenvalue weighted by Crippen LogP contribution is 2.16. The third kappa shape index (κ3) is 4.00. The van der Waals surface area contributed by atoms with E-state index in [9.17, 15) is 19.2 Å². The van der Waals surface area contributed by atoms with Gasteiger partial charge in [-0.2, -0.15) is 0 Å². The van der Waals surface area contributed by atoms with E-state index in [1.165, 1.54) is 36.0 Å². The first-order valence-corrected chi connectivity index (χ1v) is 9.12. The first-order valence-electron chi connectivity index (χ1n) is 9.12. The molecule has 3 rings (SSSR count). The average Bonchev–Trinajstić information content (AvgIpc) is 2.97. The molecule has 0 bridgehead atoms. The fourth-order valence-electron chi connectivity index (χ4n) is 2.90. The SMILES string of the molecule is CNC(=O)C(=O)Nc1ccc(C(=O)Nc2c(C)n(C)n(-c3ccccc3)c2=O)cc1. The van der Waals surface area contributed by atoms with Gasteiger partial charge in [0.1, 0.15) is 5.69 Å². The monoisotopic (exact) mass is 407 g/mol. The minimum Gasteiger partial charge on any atom is -0.351 e. The quantitative estimate of drug-likeness (QED) is 0.568. The van der Waals surface area contributed by atoms with Gasteiger partial charge in [0, 0.05) is 25.3 Å². The molecule has 0 aliphatic carbocycles. The molecule has 2 aromatic carbocycles. The number of carbonyl (C=O) groups is 3. The molecule has 0 spiro atoms. The predicted octanol–water partition coefficient (Wildman–Crippen LogP) is 1.42. The Morgan fingerprint density at radius 1 is 0.867 bits per heavy atom. The topological polar surface area (TPSA) is 114 Å². The van der Waals surface area contributed by atoms with Crippen molar-refractivity contribution in [1.82, 2.24) is 14.7 Å². The number of para-hydroxylation sites is 1. The van der Waals surface area contributed by atoms with Gasteiger partial charge in [0.25, 0.3) is 11.5 Å². The Kier molecular flexibility index (Phi) is 5.82. The van der Waals surface area contributed by atoms with Gasteiger partial charge in [-0.05, 0) is 43.3 Å². The van der Waals surface area contributed by atoms with Crippen LogP contribution in [0.4, 0.5) is 11.4 Å². The third-order valence-corrected chi connectivity index (χ3v) is 4.63. The maximum atomic E-state index is 12.9. The zero-order valence-corrected chi connectivity index (χ0v) is 16.7. The highest BCUT2D eigenvalue weighted by molar-refractivity contribution is 6.39. The van der Waals surface area contributed by atoms with Crippen molar-refractivity contribution in [3.05, 3.63) is 76.2 Å². The van der Waals surface area contributed by atoms with Crippen LogP contribution in [0.2, 0.25) is 0 Å². The van der Waals surface area contributed by atoms with Crippen molar-refractivity contribution in [3.8, 4) is 5.69 Å². The second kappa shape index (κ2) is 8.48. The number of hydrogen-bond donors (Lipinski definition) is 3. The van der Waals surface area contributed by atoms with Crippen molar-refractivity contribution >= 4 is 29.1 Å². The lowest BCUT2D eigenvalue weighted by Gasteiger charge is -2.07. The minimum atomic E-state index is -0.809. The van der Waals surface area contributed by atoms with Crippen molar-refractivity contribution in [2.75, 3.05) is 17.7 Å². The highest BCUT2D eigenvalue weighted by atomic mass is 16.2.